The van der Waals surface area contributed by atoms with Crippen LogP contribution in [0.15, 0.2) is 53.5 Å². The lowest BCUT2D eigenvalue weighted by atomic mass is 9.99. The van der Waals surface area contributed by atoms with Crippen LogP contribution < -0.4 is 16.2 Å². The van der Waals surface area contributed by atoms with E-state index >= 15 is 0 Å². The Balaban J connectivity index is 1.23. The number of benzene rings is 2. The second-order valence-electron chi connectivity index (χ2n) is 7.51. The number of carbonyl (C=O) groups excluding carboxylic acids is 1. The third-order valence-corrected chi connectivity index (χ3v) is 5.60. The summed E-state index contributed by atoms with van der Waals surface area (Å²) < 4.78 is 0. The molecule has 0 saturated carbocycles. The summed E-state index contributed by atoms with van der Waals surface area (Å²) >= 11 is 0. The summed E-state index contributed by atoms with van der Waals surface area (Å²) in [6.07, 6.45) is -0.129. The average Bonchev–Trinajstić information content (AvgIpc) is 2.73. The monoisotopic (exact) mass is 376 g/mol. The number of amides is 1. The molecule has 3 N–H and O–H groups in total. The maximum absolute atomic E-state index is 12.0. The fourth-order valence-corrected chi connectivity index (χ4v) is 4.12. The van der Waals surface area contributed by atoms with E-state index < -0.39 is 0 Å². The number of nitrogens with zero attached hydrogens (tertiary/aromatic N) is 3. The van der Waals surface area contributed by atoms with Gasteiger partial charge in [0.1, 0.15) is 12.0 Å². The van der Waals surface area contributed by atoms with Gasteiger partial charge in [-0.05, 0) is 17.7 Å². The number of nitrogens with one attached hydrogen (secondary N) is 3. The van der Waals surface area contributed by atoms with Gasteiger partial charge in [0.2, 0.25) is 0 Å². The molecule has 3 aliphatic heterocycles. The summed E-state index contributed by atoms with van der Waals surface area (Å²) in [7, 11) is 0. The lowest BCUT2D eigenvalue weighted by Crippen LogP contribution is -2.55. The Labute approximate surface area is 164 Å². The second kappa shape index (κ2) is 7.35. The predicted octanol–water partition coefficient (Wildman–Crippen LogP) is 1.38. The molecule has 2 aromatic rings. The largest absolute Gasteiger partial charge is 0.352 e. The van der Waals surface area contributed by atoms with Gasteiger partial charge in [-0.2, -0.15) is 0 Å². The third-order valence-electron chi connectivity index (χ3n) is 5.60. The van der Waals surface area contributed by atoms with Crippen molar-refractivity contribution >= 4 is 17.4 Å². The average molecular weight is 376 g/mol. The highest BCUT2D eigenvalue weighted by molar-refractivity contribution is 6.00. The fraction of sp³-hybridized carbons (Fsp3) is 0.333. The predicted molar refractivity (Wildman–Crippen MR) is 108 cm³/mol. The highest BCUT2D eigenvalue weighted by Crippen LogP contribution is 2.32. The van der Waals surface area contributed by atoms with Crippen LogP contribution in [-0.4, -0.2) is 54.3 Å². The van der Waals surface area contributed by atoms with Gasteiger partial charge < -0.3 is 5.32 Å². The molecule has 1 amide bonds. The molecule has 3 aliphatic rings. The van der Waals surface area contributed by atoms with Crippen LogP contribution in [0.25, 0.3) is 0 Å². The molecule has 28 heavy (non-hydrogen) atoms. The Morgan fingerprint density at radius 1 is 0.929 bits per heavy atom. The van der Waals surface area contributed by atoms with Crippen molar-refractivity contribution in [2.45, 2.75) is 12.7 Å². The van der Waals surface area contributed by atoms with Gasteiger partial charge in [0.25, 0.3) is 5.91 Å². The molecule has 1 unspecified atom stereocenters. The third kappa shape index (κ3) is 3.40. The zero-order valence-corrected chi connectivity index (χ0v) is 15.7. The van der Waals surface area contributed by atoms with E-state index in [0.717, 1.165) is 56.4 Å². The molecule has 1 fully saturated rings. The highest BCUT2D eigenvalue weighted by atomic mass is 16.2. The SMILES string of the molecule is O=C1NNC2NC(CN3CCN(Cc4ccccc4)CC3)=Nc3cccc1c32. The molecule has 0 radical (unpaired) electrons. The van der Waals surface area contributed by atoms with Crippen LogP contribution in [0, 0.1) is 0 Å². The topological polar surface area (TPSA) is 72.0 Å². The molecule has 5 rings (SSSR count). The van der Waals surface area contributed by atoms with Gasteiger partial charge in [-0.15, -0.1) is 0 Å². The van der Waals surface area contributed by atoms with E-state index in [9.17, 15) is 4.79 Å². The lowest BCUT2D eigenvalue weighted by molar-refractivity contribution is 0.0904. The molecule has 0 bridgehead atoms. The number of piperazine rings is 1. The number of hydrogen-bond donors (Lipinski definition) is 3. The number of hydrazine groups is 1. The maximum Gasteiger partial charge on any atom is 0.265 e. The first-order chi connectivity index (χ1) is 13.8. The van der Waals surface area contributed by atoms with Crippen LogP contribution >= 0.6 is 0 Å². The second-order valence-corrected chi connectivity index (χ2v) is 7.51. The van der Waals surface area contributed by atoms with E-state index in [4.69, 9.17) is 4.99 Å². The first-order valence-electron chi connectivity index (χ1n) is 9.78. The molecular weight excluding hydrogens is 352 g/mol. The molecular formula is C21H24N6O. The van der Waals surface area contributed by atoms with Gasteiger partial charge >= 0.3 is 0 Å². The summed E-state index contributed by atoms with van der Waals surface area (Å²) in [4.78, 5) is 21.7. The Kier molecular flexibility index (Phi) is 4.56. The zero-order chi connectivity index (χ0) is 18.9. The van der Waals surface area contributed by atoms with Crippen molar-refractivity contribution in [1.29, 1.82) is 0 Å². The highest BCUT2D eigenvalue weighted by Gasteiger charge is 2.31. The van der Waals surface area contributed by atoms with Crippen LogP contribution in [0.4, 0.5) is 5.69 Å². The number of aliphatic imine (C=N–C) groups is 1. The molecule has 0 spiro atoms. The molecule has 0 aromatic heterocycles. The van der Waals surface area contributed by atoms with Crippen LogP contribution in [0.1, 0.15) is 27.7 Å². The van der Waals surface area contributed by atoms with Gasteiger partial charge in [-0.25, -0.2) is 10.4 Å². The maximum atomic E-state index is 12.0. The Bertz CT molecular complexity index is 904. The Hall–Kier alpha value is -2.74. The van der Waals surface area contributed by atoms with Crippen molar-refractivity contribution in [1.82, 2.24) is 26.0 Å². The first-order valence-corrected chi connectivity index (χ1v) is 9.78. The molecule has 7 nitrogen and oxygen atoms in total. The normalized spacial score (nSPS) is 22.1. The lowest BCUT2D eigenvalue weighted by Gasteiger charge is -2.37. The van der Waals surface area contributed by atoms with Crippen molar-refractivity contribution in [3.05, 3.63) is 65.2 Å². The van der Waals surface area contributed by atoms with Gasteiger partial charge in [0.05, 0.1) is 12.2 Å². The van der Waals surface area contributed by atoms with Crippen LogP contribution in [0.3, 0.4) is 0 Å². The van der Waals surface area contributed by atoms with Crippen molar-refractivity contribution in [3.8, 4) is 0 Å². The van der Waals surface area contributed by atoms with E-state index in [1.807, 2.05) is 18.2 Å². The standard InChI is InChI=1S/C21H24N6O/c28-21-16-7-4-8-17-19(16)20(24-25-21)23-18(22-17)14-27-11-9-26(10-12-27)13-15-5-2-1-3-6-15/h1-8,20,24H,9-14H2,(H,22,23)(H,25,28). The minimum atomic E-state index is -0.129. The van der Waals surface area contributed by atoms with E-state index in [-0.39, 0.29) is 12.1 Å². The molecule has 0 aliphatic carbocycles. The van der Waals surface area contributed by atoms with Crippen molar-refractivity contribution in [2.75, 3.05) is 32.7 Å². The Morgan fingerprint density at radius 2 is 1.68 bits per heavy atom. The van der Waals surface area contributed by atoms with Gasteiger partial charge in [0.15, 0.2) is 0 Å². The number of hydrogen-bond acceptors (Lipinski definition) is 6. The van der Waals surface area contributed by atoms with E-state index in [2.05, 4.69) is 56.3 Å². The van der Waals surface area contributed by atoms with Gasteiger partial charge in [0, 0.05) is 43.9 Å². The summed E-state index contributed by atoms with van der Waals surface area (Å²) in [5.41, 5.74) is 9.64. The minimum absolute atomic E-state index is 0.108. The van der Waals surface area contributed by atoms with E-state index in [1.54, 1.807) is 0 Å². The van der Waals surface area contributed by atoms with Crippen molar-refractivity contribution in [3.63, 3.8) is 0 Å². The smallest absolute Gasteiger partial charge is 0.265 e. The molecule has 1 saturated heterocycles. The van der Waals surface area contributed by atoms with Crippen LogP contribution in [-0.2, 0) is 6.54 Å². The van der Waals surface area contributed by atoms with E-state index in [1.165, 1.54) is 5.56 Å². The molecule has 2 aromatic carbocycles. The summed E-state index contributed by atoms with van der Waals surface area (Å²) in [5.74, 6) is 0.831. The van der Waals surface area contributed by atoms with Crippen molar-refractivity contribution in [2.24, 2.45) is 4.99 Å². The molecule has 1 atom stereocenters. The quantitative estimate of drug-likeness (QED) is 0.752. The summed E-state index contributed by atoms with van der Waals surface area (Å²) in [6.45, 7) is 5.95. The summed E-state index contributed by atoms with van der Waals surface area (Å²) in [6, 6.07) is 16.4. The summed E-state index contributed by atoms with van der Waals surface area (Å²) in [5, 5.41) is 3.44. The fourth-order valence-electron chi connectivity index (χ4n) is 4.12. The van der Waals surface area contributed by atoms with Crippen LogP contribution in [0.5, 0.6) is 0 Å². The number of carbonyl (C=O) groups is 1. The minimum Gasteiger partial charge on any atom is -0.352 e. The molecule has 144 valence electrons. The van der Waals surface area contributed by atoms with Crippen molar-refractivity contribution < 1.29 is 4.79 Å². The molecule has 7 heteroatoms. The van der Waals surface area contributed by atoms with Crippen LogP contribution in [0.2, 0.25) is 0 Å². The van der Waals surface area contributed by atoms with Gasteiger partial charge in [-0.3, -0.25) is 20.0 Å². The van der Waals surface area contributed by atoms with E-state index in [0.29, 0.717) is 5.56 Å². The molecule has 3 heterocycles. The number of amidine groups is 1. The first kappa shape index (κ1) is 17.4. The Morgan fingerprint density at radius 3 is 2.46 bits per heavy atom. The zero-order valence-electron chi connectivity index (χ0n) is 15.7. The van der Waals surface area contributed by atoms with Gasteiger partial charge in [-0.1, -0.05) is 36.4 Å². The number of rotatable bonds is 4.